The molecule has 3 nitrogen and oxygen atoms in total. The summed E-state index contributed by atoms with van der Waals surface area (Å²) in [6, 6.07) is -1.31. The van der Waals surface area contributed by atoms with Crippen molar-refractivity contribution < 1.29 is 13.2 Å². The summed E-state index contributed by atoms with van der Waals surface area (Å²) in [5, 5.41) is 2.85. The molecule has 1 N–H and O–H groups in total. The average molecular weight is 265 g/mol. The molecule has 18 heavy (non-hydrogen) atoms. The Hall–Kier alpha value is -0.330. The second kappa shape index (κ2) is 5.75. The first-order valence-corrected chi connectivity index (χ1v) is 6.67. The molecule has 2 heterocycles. The molecule has 0 saturated carbocycles. The lowest BCUT2D eigenvalue weighted by molar-refractivity contribution is -0.189. The van der Waals surface area contributed by atoms with Gasteiger partial charge in [-0.3, -0.25) is 4.90 Å². The number of piperazine rings is 1. The van der Waals surface area contributed by atoms with Crippen LogP contribution in [-0.4, -0.2) is 68.3 Å². The van der Waals surface area contributed by atoms with Gasteiger partial charge in [0.15, 0.2) is 0 Å². The minimum atomic E-state index is -4.12. The van der Waals surface area contributed by atoms with Gasteiger partial charge in [-0.25, -0.2) is 0 Å². The summed E-state index contributed by atoms with van der Waals surface area (Å²) in [5.74, 6) is 0.381. The van der Waals surface area contributed by atoms with Gasteiger partial charge < -0.3 is 10.2 Å². The van der Waals surface area contributed by atoms with E-state index in [4.69, 9.17) is 0 Å². The Morgan fingerprint density at radius 3 is 2.72 bits per heavy atom. The zero-order valence-electron chi connectivity index (χ0n) is 10.8. The van der Waals surface area contributed by atoms with Crippen LogP contribution in [0.2, 0.25) is 0 Å². The molecule has 2 atom stereocenters. The second-order valence-electron chi connectivity index (χ2n) is 5.53. The molecule has 2 fully saturated rings. The van der Waals surface area contributed by atoms with Gasteiger partial charge in [0.2, 0.25) is 0 Å². The van der Waals surface area contributed by atoms with E-state index in [1.165, 1.54) is 0 Å². The number of likely N-dealkylation sites (tertiary alicyclic amines) is 1. The largest absolute Gasteiger partial charge is 0.405 e. The molecule has 0 spiro atoms. The highest BCUT2D eigenvalue weighted by atomic mass is 19.4. The van der Waals surface area contributed by atoms with E-state index in [0.717, 1.165) is 25.9 Å². The van der Waals surface area contributed by atoms with E-state index < -0.39 is 12.2 Å². The SMILES string of the molecule is CN1CCCC(CN2CCNCC2C(F)(F)F)C1. The van der Waals surface area contributed by atoms with E-state index in [-0.39, 0.29) is 6.54 Å². The number of piperidine rings is 1. The molecule has 6 heteroatoms. The van der Waals surface area contributed by atoms with Crippen LogP contribution in [-0.2, 0) is 0 Å². The highest BCUT2D eigenvalue weighted by Gasteiger charge is 2.44. The highest BCUT2D eigenvalue weighted by Crippen LogP contribution is 2.27. The van der Waals surface area contributed by atoms with Gasteiger partial charge in [-0.1, -0.05) is 0 Å². The molecule has 2 aliphatic rings. The van der Waals surface area contributed by atoms with Gasteiger partial charge in [0.25, 0.3) is 0 Å². The van der Waals surface area contributed by atoms with Gasteiger partial charge in [-0.15, -0.1) is 0 Å². The van der Waals surface area contributed by atoms with Gasteiger partial charge in [-0.2, -0.15) is 13.2 Å². The maximum Gasteiger partial charge on any atom is 0.405 e. The number of nitrogens with one attached hydrogen (secondary N) is 1. The second-order valence-corrected chi connectivity index (χ2v) is 5.53. The molecule has 0 aliphatic carbocycles. The Balaban J connectivity index is 1.93. The van der Waals surface area contributed by atoms with E-state index in [0.29, 0.717) is 25.6 Å². The first kappa shape index (κ1) is 14.1. The van der Waals surface area contributed by atoms with Crippen LogP contribution in [0.4, 0.5) is 13.2 Å². The van der Waals surface area contributed by atoms with Gasteiger partial charge in [0, 0.05) is 32.7 Å². The maximum absolute atomic E-state index is 12.9. The van der Waals surface area contributed by atoms with E-state index in [9.17, 15) is 13.2 Å². The lowest BCUT2D eigenvalue weighted by atomic mass is 9.96. The van der Waals surface area contributed by atoms with Crippen LogP contribution < -0.4 is 5.32 Å². The summed E-state index contributed by atoms with van der Waals surface area (Å²) < 4.78 is 38.8. The van der Waals surface area contributed by atoms with Crippen LogP contribution >= 0.6 is 0 Å². The van der Waals surface area contributed by atoms with Crippen molar-refractivity contribution in [3.8, 4) is 0 Å². The number of alkyl halides is 3. The van der Waals surface area contributed by atoms with Crippen molar-refractivity contribution in [1.82, 2.24) is 15.1 Å². The Bertz CT molecular complexity index is 270. The van der Waals surface area contributed by atoms with Crippen LogP contribution in [0.3, 0.4) is 0 Å². The third kappa shape index (κ3) is 3.59. The third-order valence-electron chi connectivity index (χ3n) is 3.95. The third-order valence-corrected chi connectivity index (χ3v) is 3.95. The average Bonchev–Trinajstić information content (AvgIpc) is 2.28. The predicted octanol–water partition coefficient (Wildman–Crippen LogP) is 1.16. The summed E-state index contributed by atoms with van der Waals surface area (Å²) in [6.45, 7) is 3.77. The molecule has 2 saturated heterocycles. The van der Waals surface area contributed by atoms with E-state index in [1.54, 1.807) is 4.90 Å². The molecule has 0 radical (unpaired) electrons. The quantitative estimate of drug-likeness (QED) is 0.808. The van der Waals surface area contributed by atoms with Crippen LogP contribution in [0.5, 0.6) is 0 Å². The molecule has 2 aliphatic heterocycles. The van der Waals surface area contributed by atoms with Crippen LogP contribution in [0.1, 0.15) is 12.8 Å². The summed E-state index contributed by atoms with van der Waals surface area (Å²) in [7, 11) is 2.05. The fourth-order valence-electron chi connectivity index (χ4n) is 3.04. The molecular weight excluding hydrogens is 243 g/mol. The zero-order chi connectivity index (χ0) is 13.2. The Morgan fingerprint density at radius 2 is 2.06 bits per heavy atom. The topological polar surface area (TPSA) is 18.5 Å². The Kier molecular flexibility index (Phi) is 4.50. The predicted molar refractivity (Wildman–Crippen MR) is 64.5 cm³/mol. The van der Waals surface area contributed by atoms with Crippen molar-refractivity contribution in [2.45, 2.75) is 25.1 Å². The normalized spacial score (nSPS) is 32.7. The molecule has 0 aromatic carbocycles. The number of hydrogen-bond donors (Lipinski definition) is 1. The molecule has 0 aromatic rings. The Labute approximate surface area is 106 Å². The van der Waals surface area contributed by atoms with Crippen molar-refractivity contribution in [2.75, 3.05) is 46.3 Å². The van der Waals surface area contributed by atoms with Crippen LogP contribution in [0.25, 0.3) is 0 Å². The Morgan fingerprint density at radius 1 is 1.28 bits per heavy atom. The van der Waals surface area contributed by atoms with Gasteiger partial charge in [-0.05, 0) is 32.4 Å². The van der Waals surface area contributed by atoms with Crippen molar-refractivity contribution in [3.05, 3.63) is 0 Å². The van der Waals surface area contributed by atoms with Gasteiger partial charge >= 0.3 is 6.18 Å². The number of rotatable bonds is 2. The van der Waals surface area contributed by atoms with Crippen molar-refractivity contribution >= 4 is 0 Å². The monoisotopic (exact) mass is 265 g/mol. The van der Waals surface area contributed by atoms with Gasteiger partial charge in [0.1, 0.15) is 6.04 Å². The molecule has 0 aromatic heterocycles. The molecule has 2 rings (SSSR count). The summed E-state index contributed by atoms with van der Waals surface area (Å²) >= 11 is 0. The number of nitrogens with zero attached hydrogens (tertiary/aromatic N) is 2. The van der Waals surface area contributed by atoms with E-state index in [2.05, 4.69) is 10.2 Å². The number of halogens is 3. The van der Waals surface area contributed by atoms with E-state index in [1.807, 2.05) is 7.05 Å². The lowest BCUT2D eigenvalue weighted by Crippen LogP contribution is -2.59. The number of hydrogen-bond acceptors (Lipinski definition) is 3. The zero-order valence-corrected chi connectivity index (χ0v) is 10.8. The van der Waals surface area contributed by atoms with Gasteiger partial charge in [0.05, 0.1) is 0 Å². The fraction of sp³-hybridized carbons (Fsp3) is 1.00. The summed E-state index contributed by atoms with van der Waals surface area (Å²) in [6.07, 6.45) is -1.96. The minimum Gasteiger partial charge on any atom is -0.314 e. The standard InChI is InChI=1S/C12H22F3N3/c1-17-5-2-3-10(8-17)9-18-6-4-16-7-11(18)12(13,14)15/h10-11,16H,2-9H2,1H3. The highest BCUT2D eigenvalue weighted by molar-refractivity contribution is 4.87. The molecular formula is C12H22F3N3. The fourth-order valence-corrected chi connectivity index (χ4v) is 3.04. The summed E-state index contributed by atoms with van der Waals surface area (Å²) in [4.78, 5) is 3.85. The van der Waals surface area contributed by atoms with Crippen LogP contribution in [0, 0.1) is 5.92 Å². The molecule has 0 amide bonds. The first-order valence-electron chi connectivity index (χ1n) is 6.67. The molecule has 2 unspecified atom stereocenters. The molecule has 106 valence electrons. The van der Waals surface area contributed by atoms with Crippen molar-refractivity contribution in [1.29, 1.82) is 0 Å². The minimum absolute atomic E-state index is 0.0338. The van der Waals surface area contributed by atoms with Crippen molar-refractivity contribution in [3.63, 3.8) is 0 Å². The molecule has 0 bridgehead atoms. The summed E-state index contributed by atoms with van der Waals surface area (Å²) in [5.41, 5.74) is 0. The smallest absolute Gasteiger partial charge is 0.314 e. The van der Waals surface area contributed by atoms with Crippen LogP contribution in [0.15, 0.2) is 0 Å². The first-order chi connectivity index (χ1) is 8.47. The maximum atomic E-state index is 12.9. The van der Waals surface area contributed by atoms with E-state index >= 15 is 0 Å². The lowest BCUT2D eigenvalue weighted by Gasteiger charge is -2.40. The van der Waals surface area contributed by atoms with Crippen molar-refractivity contribution in [2.24, 2.45) is 5.92 Å².